The molecule has 0 saturated heterocycles. The molecule has 22 heavy (non-hydrogen) atoms. The largest absolute Gasteiger partial charge is 0.481 e. The molecule has 114 valence electrons. The van der Waals surface area contributed by atoms with Crippen LogP contribution in [0.2, 0.25) is 0 Å². The van der Waals surface area contributed by atoms with Gasteiger partial charge < -0.3 is 14.5 Å². The van der Waals surface area contributed by atoms with Crippen LogP contribution in [-0.2, 0) is 4.79 Å². The van der Waals surface area contributed by atoms with Gasteiger partial charge in [-0.05, 0) is 36.6 Å². The van der Waals surface area contributed by atoms with Crippen molar-refractivity contribution in [2.45, 2.75) is 19.3 Å². The summed E-state index contributed by atoms with van der Waals surface area (Å²) >= 11 is 0. The summed E-state index contributed by atoms with van der Waals surface area (Å²) in [4.78, 5) is 15.9. The fourth-order valence-corrected chi connectivity index (χ4v) is 2.29. The van der Waals surface area contributed by atoms with Crippen LogP contribution in [0.5, 0.6) is 5.88 Å². The molecule has 2 atom stereocenters. The molecule has 2 heterocycles. The fraction of sp³-hybridized carbons (Fsp3) is 0.294. The summed E-state index contributed by atoms with van der Waals surface area (Å²) in [7, 11) is 1.54. The van der Waals surface area contributed by atoms with Gasteiger partial charge in [0.25, 0.3) is 0 Å². The molecule has 1 saturated carbocycles. The first-order chi connectivity index (χ1) is 10.7. The van der Waals surface area contributed by atoms with Gasteiger partial charge in [-0.3, -0.25) is 4.79 Å². The third-order valence-corrected chi connectivity index (χ3v) is 3.73. The van der Waals surface area contributed by atoms with Gasteiger partial charge in [0.15, 0.2) is 0 Å². The van der Waals surface area contributed by atoms with E-state index in [0.29, 0.717) is 29.2 Å². The second-order valence-corrected chi connectivity index (χ2v) is 5.47. The van der Waals surface area contributed by atoms with Crippen molar-refractivity contribution in [3.63, 3.8) is 0 Å². The Balaban J connectivity index is 1.57. The van der Waals surface area contributed by atoms with Crippen molar-refractivity contribution in [3.05, 3.63) is 48.1 Å². The molecular weight excluding hydrogens is 280 g/mol. The topological polar surface area (TPSA) is 64.4 Å². The maximum absolute atomic E-state index is 11.8. The first kappa shape index (κ1) is 14.4. The number of nitrogens with one attached hydrogen (secondary N) is 1. The van der Waals surface area contributed by atoms with E-state index in [4.69, 9.17) is 9.15 Å². The highest BCUT2D eigenvalue weighted by Crippen LogP contribution is 2.47. The Hall–Kier alpha value is -2.56. The van der Waals surface area contributed by atoms with Gasteiger partial charge in [0.05, 0.1) is 19.0 Å². The summed E-state index contributed by atoms with van der Waals surface area (Å²) in [6.07, 6.45) is 5.84. The van der Waals surface area contributed by atoms with Crippen molar-refractivity contribution in [2.75, 3.05) is 12.4 Å². The van der Waals surface area contributed by atoms with Crippen molar-refractivity contribution in [1.82, 2.24) is 4.98 Å². The Morgan fingerprint density at radius 2 is 2.23 bits per heavy atom. The van der Waals surface area contributed by atoms with Crippen molar-refractivity contribution < 1.29 is 13.9 Å². The summed E-state index contributed by atoms with van der Waals surface area (Å²) < 4.78 is 10.7. The molecule has 1 aliphatic carbocycles. The number of nitrogens with zero attached hydrogens (tertiary/aromatic N) is 1. The number of furan rings is 1. The molecule has 1 fully saturated rings. The molecule has 3 rings (SSSR count). The summed E-state index contributed by atoms with van der Waals surface area (Å²) in [5.74, 6) is 3.22. The molecule has 1 aliphatic rings. The van der Waals surface area contributed by atoms with Crippen molar-refractivity contribution in [1.29, 1.82) is 0 Å². The fourth-order valence-electron chi connectivity index (χ4n) is 2.29. The predicted octanol–water partition coefficient (Wildman–Crippen LogP) is 3.46. The van der Waals surface area contributed by atoms with Gasteiger partial charge in [-0.1, -0.05) is 6.92 Å². The highest BCUT2D eigenvalue weighted by molar-refractivity contribution is 6.01. The number of hydrogen-bond donors (Lipinski definition) is 1. The minimum Gasteiger partial charge on any atom is -0.481 e. The molecule has 0 radical (unpaired) electrons. The maximum Gasteiger partial charge on any atom is 0.248 e. The van der Waals surface area contributed by atoms with E-state index in [1.807, 2.05) is 12.1 Å². The molecule has 0 bridgehead atoms. The van der Waals surface area contributed by atoms with E-state index in [9.17, 15) is 4.79 Å². The van der Waals surface area contributed by atoms with Gasteiger partial charge in [0.2, 0.25) is 11.8 Å². The second kappa shape index (κ2) is 6.05. The number of ether oxygens (including phenoxy) is 1. The molecule has 5 heteroatoms. The SMILES string of the molecule is COc1ccc(NC(=O)/C=C/c2ccc([C@H]3C[C@H]3C)o2)cn1. The molecule has 1 amide bonds. The van der Waals surface area contributed by atoms with Crippen LogP contribution < -0.4 is 10.1 Å². The molecule has 0 spiro atoms. The van der Waals surface area contributed by atoms with E-state index in [-0.39, 0.29) is 5.91 Å². The Kier molecular flexibility index (Phi) is 3.96. The number of anilines is 1. The number of hydrogen-bond acceptors (Lipinski definition) is 4. The number of amides is 1. The molecule has 1 N–H and O–H groups in total. The highest BCUT2D eigenvalue weighted by Gasteiger charge is 2.36. The van der Waals surface area contributed by atoms with Crippen LogP contribution in [0.4, 0.5) is 5.69 Å². The number of carbonyl (C=O) groups is 1. The van der Waals surface area contributed by atoms with Gasteiger partial charge in [0.1, 0.15) is 11.5 Å². The zero-order valence-corrected chi connectivity index (χ0v) is 12.6. The van der Waals surface area contributed by atoms with E-state index in [1.165, 1.54) is 12.5 Å². The number of methoxy groups -OCH3 is 1. The van der Waals surface area contributed by atoms with E-state index in [0.717, 1.165) is 5.76 Å². The second-order valence-electron chi connectivity index (χ2n) is 5.47. The average molecular weight is 298 g/mol. The lowest BCUT2D eigenvalue weighted by Crippen LogP contribution is -2.07. The predicted molar refractivity (Wildman–Crippen MR) is 83.7 cm³/mol. The quantitative estimate of drug-likeness (QED) is 0.859. The summed E-state index contributed by atoms with van der Waals surface area (Å²) in [5, 5.41) is 2.73. The van der Waals surface area contributed by atoms with Gasteiger partial charge in [-0.15, -0.1) is 0 Å². The molecule has 0 aliphatic heterocycles. The standard InChI is InChI=1S/C17H18N2O3/c1-11-9-14(11)15-6-4-13(22-15)5-7-16(20)19-12-3-8-17(21-2)18-10-12/h3-8,10-11,14H,9H2,1-2H3,(H,19,20)/b7-5+/t11-,14+/m1/s1. The molecule has 5 nitrogen and oxygen atoms in total. The minimum atomic E-state index is -0.232. The van der Waals surface area contributed by atoms with Crippen molar-refractivity contribution in [3.8, 4) is 5.88 Å². The van der Waals surface area contributed by atoms with Gasteiger partial charge >= 0.3 is 0 Å². The Labute approximate surface area is 129 Å². The van der Waals surface area contributed by atoms with Crippen LogP contribution in [0.15, 0.2) is 41.0 Å². The smallest absolute Gasteiger partial charge is 0.248 e. The zero-order valence-electron chi connectivity index (χ0n) is 12.6. The molecule has 2 aromatic rings. The molecule has 2 aromatic heterocycles. The molecule has 0 unspecified atom stereocenters. The Bertz CT molecular complexity index is 688. The first-order valence-corrected chi connectivity index (χ1v) is 7.24. The Morgan fingerprint density at radius 3 is 2.86 bits per heavy atom. The average Bonchev–Trinajstić information content (AvgIpc) is 3.08. The number of aromatic nitrogens is 1. The summed E-state index contributed by atoms with van der Waals surface area (Å²) in [6.45, 7) is 2.21. The summed E-state index contributed by atoms with van der Waals surface area (Å²) in [5.41, 5.74) is 0.613. The van der Waals surface area contributed by atoms with Crippen LogP contribution in [0.3, 0.4) is 0 Å². The third kappa shape index (κ3) is 3.36. The van der Waals surface area contributed by atoms with E-state index < -0.39 is 0 Å². The van der Waals surface area contributed by atoms with Crippen molar-refractivity contribution >= 4 is 17.7 Å². The normalized spacial score (nSPS) is 20.1. The lowest BCUT2D eigenvalue weighted by Gasteiger charge is -2.02. The minimum absolute atomic E-state index is 0.232. The maximum atomic E-state index is 11.8. The van der Waals surface area contributed by atoms with E-state index >= 15 is 0 Å². The number of carbonyl (C=O) groups excluding carboxylic acids is 1. The van der Waals surface area contributed by atoms with Crippen molar-refractivity contribution in [2.24, 2.45) is 5.92 Å². The van der Waals surface area contributed by atoms with Crippen LogP contribution in [0.1, 0.15) is 30.8 Å². The summed E-state index contributed by atoms with van der Waals surface area (Å²) in [6, 6.07) is 7.30. The third-order valence-electron chi connectivity index (χ3n) is 3.73. The lowest BCUT2D eigenvalue weighted by molar-refractivity contribution is -0.111. The van der Waals surface area contributed by atoms with Crippen LogP contribution in [0.25, 0.3) is 6.08 Å². The van der Waals surface area contributed by atoms with Crippen LogP contribution in [-0.4, -0.2) is 18.0 Å². The van der Waals surface area contributed by atoms with Crippen LogP contribution in [0, 0.1) is 5.92 Å². The zero-order chi connectivity index (χ0) is 15.5. The monoisotopic (exact) mass is 298 g/mol. The lowest BCUT2D eigenvalue weighted by atomic mass is 10.3. The Morgan fingerprint density at radius 1 is 1.41 bits per heavy atom. The molecular formula is C17H18N2O3. The number of pyridine rings is 1. The number of rotatable bonds is 5. The van der Waals surface area contributed by atoms with Crippen LogP contribution >= 0.6 is 0 Å². The van der Waals surface area contributed by atoms with E-state index in [2.05, 4.69) is 17.2 Å². The first-order valence-electron chi connectivity index (χ1n) is 7.24. The van der Waals surface area contributed by atoms with Gasteiger partial charge in [-0.2, -0.15) is 0 Å². The molecule has 0 aromatic carbocycles. The van der Waals surface area contributed by atoms with Gasteiger partial charge in [-0.25, -0.2) is 4.98 Å². The highest BCUT2D eigenvalue weighted by atomic mass is 16.5. The van der Waals surface area contributed by atoms with E-state index in [1.54, 1.807) is 31.5 Å². The van der Waals surface area contributed by atoms with Gasteiger partial charge in [0, 0.05) is 18.1 Å².